The van der Waals surface area contributed by atoms with Crippen LogP contribution in [0.1, 0.15) is 88.6 Å². The van der Waals surface area contributed by atoms with Crippen molar-refractivity contribution < 1.29 is 0 Å². The quantitative estimate of drug-likeness (QED) is 0.139. The van der Waals surface area contributed by atoms with Gasteiger partial charge >= 0.3 is 0 Å². The standard InChI is InChI=1S/C50H49N/c1-8-31-50(9-2,10-3)36-23-19-34(20-24-36)35-21-25-37(26-22-35)51(38-27-29-42-40-15-11-13-17-44(40)48(4,5)46(42)32-38)39-28-30-43-41-16-12-14-18-45(41)49(6,7)47(43)33-39/h8,11-30,32-33H,1,9-10,31H2,2-7H3. The lowest BCUT2D eigenvalue weighted by atomic mass is 9.73. The van der Waals surface area contributed by atoms with Gasteiger partial charge in [0.15, 0.2) is 0 Å². The highest BCUT2D eigenvalue weighted by molar-refractivity contribution is 5.88. The fourth-order valence-corrected chi connectivity index (χ4v) is 9.27. The van der Waals surface area contributed by atoms with Crippen LogP contribution in [0, 0.1) is 0 Å². The van der Waals surface area contributed by atoms with Crippen LogP contribution in [0.4, 0.5) is 17.1 Å². The van der Waals surface area contributed by atoms with Gasteiger partial charge in [0.25, 0.3) is 0 Å². The molecule has 0 aromatic heterocycles. The van der Waals surface area contributed by atoms with Crippen molar-refractivity contribution in [2.75, 3.05) is 4.90 Å². The summed E-state index contributed by atoms with van der Waals surface area (Å²) in [5.74, 6) is 0. The van der Waals surface area contributed by atoms with Gasteiger partial charge in [0.05, 0.1) is 0 Å². The Balaban J connectivity index is 1.22. The number of nitrogens with zero attached hydrogens (tertiary/aromatic N) is 1. The highest BCUT2D eigenvalue weighted by Gasteiger charge is 2.37. The van der Waals surface area contributed by atoms with Gasteiger partial charge in [0.2, 0.25) is 0 Å². The summed E-state index contributed by atoms with van der Waals surface area (Å²) in [6.07, 6.45) is 5.30. The Hall–Kier alpha value is -5.14. The lowest BCUT2D eigenvalue weighted by Crippen LogP contribution is -2.23. The summed E-state index contributed by atoms with van der Waals surface area (Å²) in [5.41, 5.74) is 18.3. The molecule has 0 spiro atoms. The molecule has 1 heteroatoms. The van der Waals surface area contributed by atoms with E-state index in [1.165, 1.54) is 72.6 Å². The highest BCUT2D eigenvalue weighted by atomic mass is 15.1. The average molecular weight is 664 g/mol. The second kappa shape index (κ2) is 12.3. The first-order chi connectivity index (χ1) is 24.6. The SMILES string of the molecule is C=CCC(CC)(CC)c1ccc(-c2ccc(N(c3ccc4c(c3)C(C)(C)c3ccccc3-4)c3ccc4c(c3)C(C)(C)c3ccccc3-4)cc2)cc1. The molecule has 2 aliphatic carbocycles. The van der Waals surface area contributed by atoms with E-state index in [0.29, 0.717) is 0 Å². The molecule has 1 nitrogen and oxygen atoms in total. The van der Waals surface area contributed by atoms with Crippen LogP contribution >= 0.6 is 0 Å². The van der Waals surface area contributed by atoms with Crippen LogP contribution in [0.15, 0.2) is 146 Å². The molecule has 0 aliphatic heterocycles. The Kier molecular flexibility index (Phi) is 7.95. The van der Waals surface area contributed by atoms with Crippen molar-refractivity contribution in [2.24, 2.45) is 0 Å². The van der Waals surface area contributed by atoms with Gasteiger partial charge in [-0.15, -0.1) is 6.58 Å². The lowest BCUT2D eigenvalue weighted by Gasteiger charge is -2.31. The molecule has 0 saturated carbocycles. The van der Waals surface area contributed by atoms with Gasteiger partial charge in [-0.2, -0.15) is 0 Å². The highest BCUT2D eigenvalue weighted by Crippen LogP contribution is 2.53. The number of allylic oxidation sites excluding steroid dienone is 1. The third-order valence-corrected chi connectivity index (χ3v) is 12.5. The van der Waals surface area contributed by atoms with Crippen LogP contribution in [0.3, 0.4) is 0 Å². The van der Waals surface area contributed by atoms with E-state index in [2.05, 4.69) is 193 Å². The maximum atomic E-state index is 4.06. The Morgan fingerprint density at radius 2 is 0.922 bits per heavy atom. The zero-order chi connectivity index (χ0) is 35.5. The molecule has 6 aromatic rings. The van der Waals surface area contributed by atoms with E-state index >= 15 is 0 Å². The second-order valence-corrected chi connectivity index (χ2v) is 15.7. The summed E-state index contributed by atoms with van der Waals surface area (Å²) >= 11 is 0. The summed E-state index contributed by atoms with van der Waals surface area (Å²) in [5, 5.41) is 0. The van der Waals surface area contributed by atoms with Crippen molar-refractivity contribution in [2.45, 2.75) is 77.0 Å². The summed E-state index contributed by atoms with van der Waals surface area (Å²) in [7, 11) is 0. The minimum atomic E-state index is -0.0794. The van der Waals surface area contributed by atoms with E-state index in [1.807, 2.05) is 0 Å². The fourth-order valence-electron chi connectivity index (χ4n) is 9.27. The summed E-state index contributed by atoms with van der Waals surface area (Å²) in [4.78, 5) is 2.46. The minimum Gasteiger partial charge on any atom is -0.310 e. The van der Waals surface area contributed by atoms with Crippen LogP contribution < -0.4 is 4.90 Å². The molecule has 0 fully saturated rings. The number of fused-ring (bicyclic) bond motifs is 6. The molecule has 0 radical (unpaired) electrons. The van der Waals surface area contributed by atoms with Crippen LogP contribution in [-0.2, 0) is 16.2 Å². The van der Waals surface area contributed by atoms with Crippen molar-refractivity contribution in [3.05, 3.63) is 174 Å². The Morgan fingerprint density at radius 1 is 0.510 bits per heavy atom. The fraction of sp³-hybridized carbons (Fsp3) is 0.240. The van der Waals surface area contributed by atoms with E-state index in [9.17, 15) is 0 Å². The van der Waals surface area contributed by atoms with E-state index in [1.54, 1.807) is 0 Å². The van der Waals surface area contributed by atoms with Crippen LogP contribution in [0.25, 0.3) is 33.4 Å². The van der Waals surface area contributed by atoms with Gasteiger partial charge in [-0.1, -0.05) is 145 Å². The summed E-state index contributed by atoms with van der Waals surface area (Å²) in [6.45, 7) is 18.1. The molecule has 6 aromatic carbocycles. The third kappa shape index (κ3) is 5.12. The maximum absolute atomic E-state index is 4.06. The number of anilines is 3. The molecule has 0 saturated heterocycles. The number of hydrogen-bond acceptors (Lipinski definition) is 1. The zero-order valence-corrected chi connectivity index (χ0v) is 31.1. The predicted octanol–water partition coefficient (Wildman–Crippen LogP) is 14.1. The predicted molar refractivity (Wildman–Crippen MR) is 219 cm³/mol. The molecule has 0 atom stereocenters. The van der Waals surface area contributed by atoms with E-state index in [0.717, 1.165) is 24.9 Å². The van der Waals surface area contributed by atoms with Crippen molar-refractivity contribution in [3.8, 4) is 33.4 Å². The molecule has 0 unspecified atom stereocenters. The molecule has 2 aliphatic rings. The number of benzene rings is 6. The van der Waals surface area contributed by atoms with E-state index in [4.69, 9.17) is 0 Å². The Bertz CT molecular complexity index is 2150. The molecular formula is C50H49N. The topological polar surface area (TPSA) is 3.24 Å². The average Bonchev–Trinajstić information content (AvgIpc) is 3.53. The van der Waals surface area contributed by atoms with Crippen LogP contribution in [0.5, 0.6) is 0 Å². The zero-order valence-electron chi connectivity index (χ0n) is 31.1. The Labute approximate surface area is 305 Å². The molecular weight excluding hydrogens is 615 g/mol. The van der Waals surface area contributed by atoms with Crippen molar-refractivity contribution in [1.82, 2.24) is 0 Å². The summed E-state index contributed by atoms with van der Waals surface area (Å²) < 4.78 is 0. The van der Waals surface area contributed by atoms with Gasteiger partial charge in [-0.05, 0) is 122 Å². The first-order valence-corrected chi connectivity index (χ1v) is 18.7. The van der Waals surface area contributed by atoms with Crippen molar-refractivity contribution >= 4 is 17.1 Å². The van der Waals surface area contributed by atoms with Gasteiger partial charge in [0, 0.05) is 27.9 Å². The van der Waals surface area contributed by atoms with Crippen LogP contribution in [-0.4, -0.2) is 0 Å². The first kappa shape index (κ1) is 33.0. The molecule has 51 heavy (non-hydrogen) atoms. The third-order valence-electron chi connectivity index (χ3n) is 12.5. The van der Waals surface area contributed by atoms with Crippen LogP contribution in [0.2, 0.25) is 0 Å². The first-order valence-electron chi connectivity index (χ1n) is 18.7. The number of rotatable bonds is 9. The van der Waals surface area contributed by atoms with Crippen molar-refractivity contribution in [1.29, 1.82) is 0 Å². The monoisotopic (exact) mass is 663 g/mol. The maximum Gasteiger partial charge on any atom is 0.0465 e. The largest absolute Gasteiger partial charge is 0.310 e. The van der Waals surface area contributed by atoms with Gasteiger partial charge in [0.1, 0.15) is 0 Å². The number of hydrogen-bond donors (Lipinski definition) is 0. The molecule has 254 valence electrons. The van der Waals surface area contributed by atoms with E-state index in [-0.39, 0.29) is 16.2 Å². The normalized spacial score (nSPS) is 14.7. The Morgan fingerprint density at radius 3 is 1.37 bits per heavy atom. The van der Waals surface area contributed by atoms with Gasteiger partial charge < -0.3 is 4.90 Å². The van der Waals surface area contributed by atoms with E-state index < -0.39 is 0 Å². The smallest absolute Gasteiger partial charge is 0.0465 e. The molecule has 0 N–H and O–H groups in total. The lowest BCUT2D eigenvalue weighted by molar-refractivity contribution is 0.400. The summed E-state index contributed by atoms with van der Waals surface area (Å²) in [6, 6.07) is 50.4. The molecule has 0 amide bonds. The molecule has 0 bridgehead atoms. The minimum absolute atomic E-state index is 0.0794. The molecule has 8 rings (SSSR count). The van der Waals surface area contributed by atoms with Gasteiger partial charge in [-0.25, -0.2) is 0 Å². The van der Waals surface area contributed by atoms with Crippen molar-refractivity contribution in [3.63, 3.8) is 0 Å². The second-order valence-electron chi connectivity index (χ2n) is 15.7. The van der Waals surface area contributed by atoms with Gasteiger partial charge in [-0.3, -0.25) is 0 Å². The molecule has 0 heterocycles.